The van der Waals surface area contributed by atoms with Crippen LogP contribution in [-0.4, -0.2) is 28.7 Å². The van der Waals surface area contributed by atoms with Crippen molar-refractivity contribution >= 4 is 11.6 Å². The second kappa shape index (κ2) is 4.44. The van der Waals surface area contributed by atoms with Crippen LogP contribution in [0.2, 0.25) is 0 Å². The molecule has 1 aromatic heterocycles. The maximum absolute atomic E-state index is 11.9. The molecule has 0 aliphatic carbocycles. The van der Waals surface area contributed by atoms with Crippen LogP contribution in [0.4, 0.5) is 5.69 Å². The molecular formula is C10H16N4O. The number of hydrogen-bond acceptors (Lipinski definition) is 3. The first-order chi connectivity index (χ1) is 7.27. The average Bonchev–Trinajstić information content (AvgIpc) is 2.71. The Morgan fingerprint density at radius 3 is 3.20 bits per heavy atom. The molecule has 1 aliphatic heterocycles. The molecule has 0 bridgehead atoms. The maximum atomic E-state index is 11.9. The molecule has 2 unspecified atom stereocenters. The average molecular weight is 208 g/mol. The molecule has 5 heteroatoms. The van der Waals surface area contributed by atoms with E-state index in [-0.39, 0.29) is 11.9 Å². The highest BCUT2D eigenvalue weighted by molar-refractivity contribution is 5.94. The summed E-state index contributed by atoms with van der Waals surface area (Å²) >= 11 is 0. The van der Waals surface area contributed by atoms with E-state index >= 15 is 0 Å². The second-order valence-corrected chi connectivity index (χ2v) is 4.03. The number of anilines is 1. The topological polar surface area (TPSA) is 69.8 Å². The van der Waals surface area contributed by atoms with Crippen molar-refractivity contribution in [2.45, 2.75) is 25.8 Å². The van der Waals surface area contributed by atoms with Crippen LogP contribution in [0, 0.1) is 5.92 Å². The monoisotopic (exact) mass is 208 g/mol. The molecule has 82 valence electrons. The quantitative estimate of drug-likeness (QED) is 0.671. The zero-order valence-electron chi connectivity index (χ0n) is 8.79. The zero-order valence-corrected chi connectivity index (χ0v) is 8.79. The summed E-state index contributed by atoms with van der Waals surface area (Å²) in [6.45, 7) is 3.03. The minimum absolute atomic E-state index is 0.0311. The van der Waals surface area contributed by atoms with Gasteiger partial charge in [-0.25, -0.2) is 0 Å². The van der Waals surface area contributed by atoms with E-state index < -0.39 is 0 Å². The number of nitrogens with one attached hydrogen (secondary N) is 3. The SMILES string of the molecule is CC1CCCNC1C(=O)Nc1cn[nH]c1. The van der Waals surface area contributed by atoms with Gasteiger partial charge in [-0.05, 0) is 25.3 Å². The molecule has 5 nitrogen and oxygen atoms in total. The third kappa shape index (κ3) is 2.36. The number of carbonyl (C=O) groups is 1. The molecule has 0 spiro atoms. The minimum atomic E-state index is -0.0753. The summed E-state index contributed by atoms with van der Waals surface area (Å²) in [6.07, 6.45) is 5.53. The molecular weight excluding hydrogens is 192 g/mol. The Morgan fingerprint density at radius 1 is 1.67 bits per heavy atom. The van der Waals surface area contributed by atoms with Crippen LogP contribution in [0.15, 0.2) is 12.4 Å². The minimum Gasteiger partial charge on any atom is -0.322 e. The van der Waals surface area contributed by atoms with Crippen LogP contribution < -0.4 is 10.6 Å². The van der Waals surface area contributed by atoms with E-state index in [0.29, 0.717) is 5.92 Å². The van der Waals surface area contributed by atoms with Gasteiger partial charge in [-0.15, -0.1) is 0 Å². The van der Waals surface area contributed by atoms with Crippen molar-refractivity contribution < 1.29 is 4.79 Å². The summed E-state index contributed by atoms with van der Waals surface area (Å²) in [5, 5.41) is 12.5. The number of nitrogens with zero attached hydrogens (tertiary/aromatic N) is 1. The Hall–Kier alpha value is -1.36. The molecule has 1 amide bonds. The first kappa shape index (κ1) is 10.2. The Labute approximate surface area is 88.6 Å². The number of aromatic nitrogens is 2. The lowest BCUT2D eigenvalue weighted by Gasteiger charge is -2.28. The van der Waals surface area contributed by atoms with Crippen LogP contribution in [0.5, 0.6) is 0 Å². The van der Waals surface area contributed by atoms with Gasteiger partial charge in [0.25, 0.3) is 0 Å². The molecule has 3 N–H and O–H groups in total. The van der Waals surface area contributed by atoms with Crippen LogP contribution in [0.1, 0.15) is 19.8 Å². The second-order valence-electron chi connectivity index (χ2n) is 4.03. The highest BCUT2D eigenvalue weighted by Crippen LogP contribution is 2.16. The van der Waals surface area contributed by atoms with E-state index in [0.717, 1.165) is 25.1 Å². The summed E-state index contributed by atoms with van der Waals surface area (Å²) in [5.74, 6) is 0.425. The molecule has 1 fully saturated rings. The van der Waals surface area contributed by atoms with Gasteiger partial charge < -0.3 is 10.6 Å². The van der Waals surface area contributed by atoms with Crippen molar-refractivity contribution in [1.82, 2.24) is 15.5 Å². The third-order valence-electron chi connectivity index (χ3n) is 2.82. The standard InChI is InChI=1S/C10H16N4O/c1-7-3-2-4-11-9(7)10(15)14-8-5-12-13-6-8/h5-7,9,11H,2-4H2,1H3,(H,12,13)(H,14,15). The van der Waals surface area contributed by atoms with E-state index in [2.05, 4.69) is 27.8 Å². The normalized spacial score (nSPS) is 26.2. The van der Waals surface area contributed by atoms with Crippen molar-refractivity contribution in [3.05, 3.63) is 12.4 Å². The third-order valence-corrected chi connectivity index (χ3v) is 2.82. The van der Waals surface area contributed by atoms with Gasteiger partial charge in [-0.1, -0.05) is 6.92 Å². The number of H-pyrrole nitrogens is 1. The Kier molecular flexibility index (Phi) is 3.01. The van der Waals surface area contributed by atoms with Gasteiger partial charge in [0.1, 0.15) is 0 Å². The highest BCUT2D eigenvalue weighted by atomic mass is 16.2. The fourth-order valence-corrected chi connectivity index (χ4v) is 1.94. The van der Waals surface area contributed by atoms with Crippen LogP contribution >= 0.6 is 0 Å². The van der Waals surface area contributed by atoms with Gasteiger partial charge in [0.05, 0.1) is 17.9 Å². The Balaban J connectivity index is 1.95. The first-order valence-electron chi connectivity index (χ1n) is 5.30. The van der Waals surface area contributed by atoms with Crippen molar-refractivity contribution in [2.24, 2.45) is 5.92 Å². The summed E-state index contributed by atoms with van der Waals surface area (Å²) in [4.78, 5) is 11.9. The molecule has 1 aromatic rings. The van der Waals surface area contributed by atoms with Crippen LogP contribution in [0.3, 0.4) is 0 Å². The van der Waals surface area contributed by atoms with E-state index in [1.165, 1.54) is 0 Å². The number of rotatable bonds is 2. The van der Waals surface area contributed by atoms with Gasteiger partial charge in [-0.3, -0.25) is 9.89 Å². The fourth-order valence-electron chi connectivity index (χ4n) is 1.94. The lowest BCUT2D eigenvalue weighted by molar-refractivity contribution is -0.119. The largest absolute Gasteiger partial charge is 0.322 e. The molecule has 2 heterocycles. The van der Waals surface area contributed by atoms with Crippen molar-refractivity contribution in [2.75, 3.05) is 11.9 Å². The smallest absolute Gasteiger partial charge is 0.241 e. The van der Waals surface area contributed by atoms with Gasteiger partial charge >= 0.3 is 0 Å². The van der Waals surface area contributed by atoms with Gasteiger partial charge in [-0.2, -0.15) is 5.10 Å². The lowest BCUT2D eigenvalue weighted by atomic mass is 9.92. The number of amides is 1. The highest BCUT2D eigenvalue weighted by Gasteiger charge is 2.27. The fraction of sp³-hybridized carbons (Fsp3) is 0.600. The van der Waals surface area contributed by atoms with Crippen LogP contribution in [-0.2, 0) is 4.79 Å². The Bertz CT molecular complexity index is 322. The van der Waals surface area contributed by atoms with Crippen molar-refractivity contribution in [3.8, 4) is 0 Å². The van der Waals surface area contributed by atoms with Gasteiger partial charge in [0, 0.05) is 6.20 Å². The molecule has 0 radical (unpaired) electrons. The van der Waals surface area contributed by atoms with E-state index in [9.17, 15) is 4.79 Å². The van der Waals surface area contributed by atoms with Gasteiger partial charge in [0.15, 0.2) is 0 Å². The molecule has 1 saturated heterocycles. The zero-order chi connectivity index (χ0) is 10.7. The maximum Gasteiger partial charge on any atom is 0.241 e. The van der Waals surface area contributed by atoms with Gasteiger partial charge in [0.2, 0.25) is 5.91 Å². The number of aromatic amines is 1. The molecule has 1 aliphatic rings. The number of piperidine rings is 1. The predicted molar refractivity (Wildman–Crippen MR) is 57.4 cm³/mol. The summed E-state index contributed by atoms with van der Waals surface area (Å²) in [6, 6.07) is -0.0753. The Morgan fingerprint density at radius 2 is 2.53 bits per heavy atom. The summed E-state index contributed by atoms with van der Waals surface area (Å²) in [5.41, 5.74) is 0.722. The van der Waals surface area contributed by atoms with Crippen molar-refractivity contribution in [3.63, 3.8) is 0 Å². The molecule has 15 heavy (non-hydrogen) atoms. The molecule has 2 rings (SSSR count). The van der Waals surface area contributed by atoms with E-state index in [1.807, 2.05) is 0 Å². The molecule has 0 saturated carbocycles. The van der Waals surface area contributed by atoms with Crippen molar-refractivity contribution in [1.29, 1.82) is 0 Å². The number of carbonyl (C=O) groups excluding carboxylic acids is 1. The summed E-state index contributed by atoms with van der Waals surface area (Å²) < 4.78 is 0. The molecule has 2 atom stereocenters. The lowest BCUT2D eigenvalue weighted by Crippen LogP contribution is -2.48. The van der Waals surface area contributed by atoms with Crippen LogP contribution in [0.25, 0.3) is 0 Å². The van der Waals surface area contributed by atoms with E-state index in [4.69, 9.17) is 0 Å². The molecule has 0 aromatic carbocycles. The van der Waals surface area contributed by atoms with E-state index in [1.54, 1.807) is 12.4 Å². The summed E-state index contributed by atoms with van der Waals surface area (Å²) in [7, 11) is 0. The first-order valence-corrected chi connectivity index (χ1v) is 5.30. The number of hydrogen-bond donors (Lipinski definition) is 3. The predicted octanol–water partition coefficient (Wildman–Crippen LogP) is 0.736.